The number of rotatable bonds is 5. The van der Waals surface area contributed by atoms with E-state index >= 15 is 0 Å². The standard InChI is InChI=1S/C35H40N4O5/c1-8-19-15(3)22-12-24-17(5)21(10-11-28(40)41)32(38-24)30-31(35(43)44-7)34(42)29-18(6)25(39-33(29)30)14-27-20(9-2)16(4)23(37-27)13-26(19)36-22/h1,12-14,17,19,21,31-32,34,36-39,42H,9-11H2,2-7H3,(H,40,41)/b24-12-,25-14-,26-13-/t17-,19-,21-,31+,32?,34-/m0/s1. The molecule has 9 nitrogen and oxygen atoms in total. The molecule has 0 spiro atoms. The molecule has 2 aromatic heterocycles. The number of methoxy groups -OCH3 is 1. The molecule has 1 fully saturated rings. The molecule has 1 saturated heterocycles. The number of carbonyl (C=O) groups is 2. The van der Waals surface area contributed by atoms with E-state index in [0.29, 0.717) is 22.9 Å². The van der Waals surface area contributed by atoms with Crippen molar-refractivity contribution in [3.63, 3.8) is 0 Å². The zero-order chi connectivity index (χ0) is 31.6. The van der Waals surface area contributed by atoms with E-state index in [-0.39, 0.29) is 24.2 Å². The predicted molar refractivity (Wildman–Crippen MR) is 168 cm³/mol. The summed E-state index contributed by atoms with van der Waals surface area (Å²) in [5.74, 6) is 0.154. The highest BCUT2D eigenvalue weighted by Crippen LogP contribution is 2.45. The van der Waals surface area contributed by atoms with Gasteiger partial charge in [0.25, 0.3) is 0 Å². The summed E-state index contributed by atoms with van der Waals surface area (Å²) >= 11 is 0. The fourth-order valence-electron chi connectivity index (χ4n) is 7.78. The van der Waals surface area contributed by atoms with Gasteiger partial charge in [-0.05, 0) is 85.6 Å². The molecule has 44 heavy (non-hydrogen) atoms. The summed E-state index contributed by atoms with van der Waals surface area (Å²) in [4.78, 5) is 32.2. The van der Waals surface area contributed by atoms with Crippen LogP contribution in [0.25, 0.3) is 17.7 Å². The molecule has 0 aromatic carbocycles. The monoisotopic (exact) mass is 596 g/mol. The van der Waals surface area contributed by atoms with Crippen LogP contribution < -0.4 is 21.3 Å². The molecule has 1 unspecified atom stereocenters. The Morgan fingerprint density at radius 2 is 1.82 bits per heavy atom. The van der Waals surface area contributed by atoms with Gasteiger partial charge < -0.3 is 35.6 Å². The molecule has 5 heterocycles. The zero-order valence-electron chi connectivity index (χ0n) is 26.0. The molecule has 2 aromatic rings. The lowest BCUT2D eigenvalue weighted by Crippen LogP contribution is -2.37. The normalized spacial score (nSPS) is 30.0. The summed E-state index contributed by atoms with van der Waals surface area (Å²) < 4.78 is 5.22. The van der Waals surface area contributed by atoms with E-state index < -0.39 is 30.0 Å². The first-order chi connectivity index (χ1) is 21.0. The fraction of sp³-hybridized carbons (Fsp3) is 0.429. The molecule has 6 N–H and O–H groups in total. The second-order valence-corrected chi connectivity index (χ2v) is 12.4. The van der Waals surface area contributed by atoms with Crippen LogP contribution in [0.15, 0.2) is 28.7 Å². The van der Waals surface area contributed by atoms with Gasteiger partial charge in [0.1, 0.15) is 5.92 Å². The van der Waals surface area contributed by atoms with Crippen molar-refractivity contribution in [3.8, 4) is 12.3 Å². The molecule has 4 aliphatic rings. The summed E-state index contributed by atoms with van der Waals surface area (Å²) in [5, 5.41) is 30.1. The summed E-state index contributed by atoms with van der Waals surface area (Å²) in [6, 6.07) is -0.416. The van der Waals surface area contributed by atoms with Crippen LogP contribution in [0.2, 0.25) is 0 Å². The highest BCUT2D eigenvalue weighted by atomic mass is 16.5. The maximum atomic E-state index is 13.3. The Labute approximate surface area is 256 Å². The number of allylic oxidation sites excluding steroid dienone is 3. The molecule has 8 bridgehead atoms. The number of aliphatic hydroxyl groups excluding tert-OH is 1. The van der Waals surface area contributed by atoms with Crippen molar-refractivity contribution in [2.24, 2.45) is 23.7 Å². The molecule has 9 heteroatoms. The average molecular weight is 597 g/mol. The van der Waals surface area contributed by atoms with Gasteiger partial charge in [-0.1, -0.05) is 19.8 Å². The average Bonchev–Trinajstić information content (AvgIpc) is 3.72. The number of aliphatic carboxylic acids is 1. The summed E-state index contributed by atoms with van der Waals surface area (Å²) in [5.41, 5.74) is 10.2. The second kappa shape index (κ2) is 10.9. The molecule has 1 aliphatic carbocycles. The minimum atomic E-state index is -1.11. The van der Waals surface area contributed by atoms with E-state index in [1.165, 1.54) is 12.7 Å². The third-order valence-electron chi connectivity index (χ3n) is 10.2. The number of ether oxygens (including phenoxy) is 1. The fourth-order valence-corrected chi connectivity index (χ4v) is 7.78. The zero-order valence-corrected chi connectivity index (χ0v) is 26.0. The summed E-state index contributed by atoms with van der Waals surface area (Å²) in [7, 11) is 1.33. The number of hydrogen-bond donors (Lipinski definition) is 6. The lowest BCUT2D eigenvalue weighted by molar-refractivity contribution is -0.146. The third kappa shape index (κ3) is 4.43. The molecule has 0 radical (unpaired) electrons. The summed E-state index contributed by atoms with van der Waals surface area (Å²) in [6.07, 6.45) is 12.4. The molecule has 6 atom stereocenters. The maximum Gasteiger partial charge on any atom is 0.315 e. The second-order valence-electron chi connectivity index (χ2n) is 12.4. The van der Waals surface area contributed by atoms with Crippen LogP contribution in [0.1, 0.15) is 73.4 Å². The number of esters is 1. The molecule has 0 saturated carbocycles. The van der Waals surface area contributed by atoms with E-state index in [4.69, 9.17) is 11.2 Å². The van der Waals surface area contributed by atoms with E-state index in [1.807, 2.05) is 13.8 Å². The number of carbonyl (C=O) groups excluding carboxylic acids is 1. The Balaban J connectivity index is 1.68. The lowest BCUT2D eigenvalue weighted by Gasteiger charge is -2.27. The van der Waals surface area contributed by atoms with Crippen molar-refractivity contribution in [2.75, 3.05) is 7.11 Å². The first kappa shape index (κ1) is 29.6. The molecule has 6 rings (SSSR count). The van der Waals surface area contributed by atoms with Gasteiger partial charge in [-0.2, -0.15) is 0 Å². The van der Waals surface area contributed by atoms with Crippen LogP contribution in [0, 0.1) is 49.9 Å². The number of carboxylic acid groups (broad SMARTS) is 1. The van der Waals surface area contributed by atoms with E-state index in [0.717, 1.165) is 56.9 Å². The van der Waals surface area contributed by atoms with Crippen LogP contribution in [0.5, 0.6) is 0 Å². The number of aliphatic hydroxyl groups is 1. The van der Waals surface area contributed by atoms with Crippen LogP contribution in [-0.4, -0.2) is 45.3 Å². The minimum Gasteiger partial charge on any atom is -0.481 e. The van der Waals surface area contributed by atoms with E-state index in [9.17, 15) is 19.8 Å². The predicted octanol–water partition coefficient (Wildman–Crippen LogP) is 2.79. The molecule has 0 amide bonds. The number of fused-ring (bicyclic) bond motifs is 8. The largest absolute Gasteiger partial charge is 0.481 e. The van der Waals surface area contributed by atoms with Gasteiger partial charge in [0.05, 0.1) is 25.2 Å². The number of hydrogen-bond acceptors (Lipinski definition) is 6. The van der Waals surface area contributed by atoms with Crippen molar-refractivity contribution in [1.29, 1.82) is 0 Å². The smallest absolute Gasteiger partial charge is 0.315 e. The topological polar surface area (TPSA) is 139 Å². The van der Waals surface area contributed by atoms with Gasteiger partial charge in [0, 0.05) is 57.1 Å². The van der Waals surface area contributed by atoms with Crippen molar-refractivity contribution in [1.82, 2.24) is 20.6 Å². The van der Waals surface area contributed by atoms with Crippen LogP contribution >= 0.6 is 0 Å². The number of terminal acetylenes is 1. The molecular formula is C35H40N4O5. The third-order valence-corrected chi connectivity index (χ3v) is 10.2. The Hall–Kier alpha value is -4.42. The Morgan fingerprint density at radius 3 is 2.48 bits per heavy atom. The molecule has 230 valence electrons. The van der Waals surface area contributed by atoms with Gasteiger partial charge in [0.15, 0.2) is 0 Å². The Kier molecular flexibility index (Phi) is 7.37. The highest BCUT2D eigenvalue weighted by Gasteiger charge is 2.49. The Bertz CT molecular complexity index is 1840. The van der Waals surface area contributed by atoms with Gasteiger partial charge in [0.2, 0.25) is 0 Å². The van der Waals surface area contributed by atoms with Crippen molar-refractivity contribution in [3.05, 3.63) is 73.1 Å². The number of nitrogens with one attached hydrogen (secondary N) is 4. The quantitative estimate of drug-likeness (QED) is 0.231. The van der Waals surface area contributed by atoms with Crippen molar-refractivity contribution < 1.29 is 24.5 Å². The summed E-state index contributed by atoms with van der Waals surface area (Å²) in [6.45, 7) is 10.3. The van der Waals surface area contributed by atoms with Gasteiger partial charge in [-0.25, -0.2) is 0 Å². The van der Waals surface area contributed by atoms with E-state index in [2.05, 4.69) is 65.5 Å². The molecule has 3 aliphatic heterocycles. The van der Waals surface area contributed by atoms with Crippen molar-refractivity contribution >= 4 is 29.7 Å². The first-order valence-electron chi connectivity index (χ1n) is 15.3. The number of aromatic nitrogens is 2. The van der Waals surface area contributed by atoms with Crippen LogP contribution in [0.3, 0.4) is 0 Å². The number of carboxylic acids is 1. The number of aromatic amines is 2. The lowest BCUT2D eigenvalue weighted by atomic mass is 9.80. The molecular weight excluding hydrogens is 556 g/mol. The van der Waals surface area contributed by atoms with Crippen LogP contribution in [-0.2, 0) is 20.7 Å². The SMILES string of the molecule is C#C[C@H]1C(C)=C2/C=C3\NC(C4=c5[nH]/c(c(C)c5[C@H](O)[C@@H]4C(=O)OC)=C\c4[nH]c(c(C)c4CC)/C=C/1N2)[C@@H](CCC(=O)O)[C@@H]3C. The minimum absolute atomic E-state index is 0.0189. The van der Waals surface area contributed by atoms with Gasteiger partial charge in [-0.3, -0.25) is 9.59 Å². The number of H-pyrrole nitrogens is 2. The van der Waals surface area contributed by atoms with Gasteiger partial charge in [-0.15, -0.1) is 6.42 Å². The van der Waals surface area contributed by atoms with Crippen molar-refractivity contribution in [2.45, 2.75) is 66.0 Å². The maximum absolute atomic E-state index is 13.3. The first-order valence-corrected chi connectivity index (χ1v) is 15.3. The van der Waals surface area contributed by atoms with Crippen LogP contribution in [0.4, 0.5) is 0 Å². The Morgan fingerprint density at radius 1 is 1.07 bits per heavy atom. The van der Waals surface area contributed by atoms with E-state index in [1.54, 1.807) is 0 Å². The highest BCUT2D eigenvalue weighted by molar-refractivity contribution is 5.88. The van der Waals surface area contributed by atoms with Gasteiger partial charge >= 0.3 is 11.9 Å².